The van der Waals surface area contributed by atoms with Crippen LogP contribution in [0.4, 0.5) is 4.39 Å². The lowest BCUT2D eigenvalue weighted by atomic mass is 9.79. The molecule has 0 saturated carbocycles. The van der Waals surface area contributed by atoms with Crippen molar-refractivity contribution in [2.24, 2.45) is 0 Å². The molecule has 0 aliphatic rings. The lowest BCUT2D eigenvalue weighted by Crippen LogP contribution is -2.32. The van der Waals surface area contributed by atoms with E-state index in [4.69, 9.17) is 29.0 Å². The van der Waals surface area contributed by atoms with Crippen LogP contribution in [0.2, 0.25) is 0 Å². The Kier molecular flexibility index (Phi) is 8.96. The van der Waals surface area contributed by atoms with Gasteiger partial charge in [0, 0.05) is 18.6 Å². The van der Waals surface area contributed by atoms with Gasteiger partial charge in [0.1, 0.15) is 18.2 Å². The van der Waals surface area contributed by atoms with Gasteiger partial charge < -0.3 is 29.0 Å². The number of benzene rings is 1. The summed E-state index contributed by atoms with van der Waals surface area (Å²) in [6.07, 6.45) is 0. The van der Waals surface area contributed by atoms with E-state index in [0.29, 0.717) is 26.4 Å². The van der Waals surface area contributed by atoms with Crippen LogP contribution in [-0.4, -0.2) is 63.9 Å². The van der Waals surface area contributed by atoms with Gasteiger partial charge in [-0.05, 0) is 6.07 Å². The van der Waals surface area contributed by atoms with Crippen molar-refractivity contribution in [1.82, 2.24) is 0 Å². The Morgan fingerprint density at radius 3 is 2.24 bits per heavy atom. The molecule has 21 heavy (non-hydrogen) atoms. The number of rotatable bonds is 11. The Balaban J connectivity index is 2.19. The van der Waals surface area contributed by atoms with E-state index < -0.39 is 12.9 Å². The van der Waals surface area contributed by atoms with E-state index in [-0.39, 0.29) is 24.4 Å². The summed E-state index contributed by atoms with van der Waals surface area (Å²) in [6, 6.07) is 3.50. The number of halogens is 1. The molecule has 1 aromatic rings. The third kappa shape index (κ3) is 7.40. The zero-order valence-electron chi connectivity index (χ0n) is 12.0. The molecular weight excluding hydrogens is 282 g/mol. The highest BCUT2D eigenvalue weighted by Crippen LogP contribution is 2.10. The molecule has 1 aromatic carbocycles. The second kappa shape index (κ2) is 10.5. The van der Waals surface area contributed by atoms with Crippen LogP contribution in [0.1, 0.15) is 0 Å². The Hall–Kier alpha value is -1.19. The molecule has 0 spiro atoms. The molecule has 1 rings (SSSR count). The predicted octanol–water partition coefficient (Wildman–Crippen LogP) is -0.436. The molecule has 0 heterocycles. The lowest BCUT2D eigenvalue weighted by Gasteiger charge is -2.11. The Labute approximate surface area is 123 Å². The molecule has 0 aromatic heterocycles. The van der Waals surface area contributed by atoms with Crippen molar-refractivity contribution < 1.29 is 33.4 Å². The molecule has 2 N–H and O–H groups in total. The van der Waals surface area contributed by atoms with Crippen molar-refractivity contribution in [3.8, 4) is 5.75 Å². The largest absolute Gasteiger partial charge is 0.492 e. The zero-order chi connectivity index (χ0) is 15.5. The second-order valence-corrected chi connectivity index (χ2v) is 4.12. The summed E-state index contributed by atoms with van der Waals surface area (Å²) in [5.74, 6) is -0.424. The van der Waals surface area contributed by atoms with Gasteiger partial charge in [0.15, 0.2) is 0 Å². The molecule has 0 aliphatic heterocycles. The molecule has 0 fully saturated rings. The summed E-state index contributed by atoms with van der Waals surface area (Å²) in [4.78, 5) is 0. The van der Waals surface area contributed by atoms with Crippen molar-refractivity contribution in [2.75, 3.05) is 46.8 Å². The normalized spacial score (nSPS) is 10.7. The smallest absolute Gasteiger partial charge is 0.491 e. The van der Waals surface area contributed by atoms with Crippen LogP contribution in [0.25, 0.3) is 0 Å². The second-order valence-electron chi connectivity index (χ2n) is 4.12. The van der Waals surface area contributed by atoms with Gasteiger partial charge in [-0.25, -0.2) is 4.39 Å². The number of methoxy groups -OCH3 is 1. The summed E-state index contributed by atoms with van der Waals surface area (Å²) in [5, 5.41) is 18.3. The highest BCUT2D eigenvalue weighted by Gasteiger charge is 2.17. The third-order valence-electron chi connectivity index (χ3n) is 2.54. The molecule has 0 amide bonds. The van der Waals surface area contributed by atoms with Gasteiger partial charge in [0.05, 0.1) is 33.0 Å². The fourth-order valence-electron chi connectivity index (χ4n) is 1.52. The molecule has 118 valence electrons. The average molecular weight is 302 g/mol. The summed E-state index contributed by atoms with van der Waals surface area (Å²) >= 11 is 0. The van der Waals surface area contributed by atoms with E-state index in [1.807, 2.05) is 0 Å². The van der Waals surface area contributed by atoms with Crippen LogP contribution in [0, 0.1) is 5.82 Å². The third-order valence-corrected chi connectivity index (χ3v) is 2.54. The number of ether oxygens (including phenoxy) is 4. The summed E-state index contributed by atoms with van der Waals surface area (Å²) in [7, 11) is -0.114. The maximum Gasteiger partial charge on any atom is 0.492 e. The average Bonchev–Trinajstić information content (AvgIpc) is 2.45. The van der Waals surface area contributed by atoms with Crippen LogP contribution in [0.3, 0.4) is 0 Å². The first-order valence-corrected chi connectivity index (χ1v) is 6.58. The topological polar surface area (TPSA) is 77.4 Å². The zero-order valence-corrected chi connectivity index (χ0v) is 12.0. The van der Waals surface area contributed by atoms with Crippen molar-refractivity contribution in [3.05, 3.63) is 24.0 Å². The minimum atomic E-state index is -1.71. The molecule has 0 saturated heterocycles. The maximum absolute atomic E-state index is 13.1. The molecule has 0 bridgehead atoms. The van der Waals surface area contributed by atoms with Crippen molar-refractivity contribution in [3.63, 3.8) is 0 Å². The lowest BCUT2D eigenvalue weighted by molar-refractivity contribution is 0.0180. The molecule has 0 radical (unpaired) electrons. The minimum absolute atomic E-state index is 0.0879. The molecule has 0 unspecified atom stereocenters. The van der Waals surface area contributed by atoms with Gasteiger partial charge in [-0.1, -0.05) is 6.07 Å². The van der Waals surface area contributed by atoms with E-state index in [9.17, 15) is 4.39 Å². The van der Waals surface area contributed by atoms with Gasteiger partial charge in [0.25, 0.3) is 0 Å². The fraction of sp³-hybridized carbons (Fsp3) is 0.538. The van der Waals surface area contributed by atoms with Crippen LogP contribution in [-0.2, 0) is 14.2 Å². The predicted molar refractivity (Wildman–Crippen MR) is 75.2 cm³/mol. The van der Waals surface area contributed by atoms with Gasteiger partial charge in [-0.2, -0.15) is 0 Å². The van der Waals surface area contributed by atoms with E-state index in [1.165, 1.54) is 6.07 Å². The standard InChI is InChI=1S/C13H20BFO6/c1-18-4-5-19-6-7-20-8-9-21-13-10-11(15)2-3-12(13)14(16)17/h2-3,10,16-17H,4-9H2,1H3. The Bertz CT molecular complexity index is 404. The number of hydrogen-bond donors (Lipinski definition) is 2. The van der Waals surface area contributed by atoms with Crippen molar-refractivity contribution in [2.45, 2.75) is 0 Å². The summed E-state index contributed by atoms with van der Waals surface area (Å²) in [5.41, 5.74) is 0.110. The molecule has 8 heteroatoms. The maximum atomic E-state index is 13.1. The Morgan fingerprint density at radius 2 is 1.62 bits per heavy atom. The molecule has 6 nitrogen and oxygen atoms in total. The van der Waals surface area contributed by atoms with Crippen molar-refractivity contribution >= 4 is 12.6 Å². The monoisotopic (exact) mass is 302 g/mol. The fourth-order valence-corrected chi connectivity index (χ4v) is 1.52. The number of hydrogen-bond acceptors (Lipinski definition) is 6. The van der Waals surface area contributed by atoms with E-state index >= 15 is 0 Å². The molecule has 0 aliphatic carbocycles. The van der Waals surface area contributed by atoms with Gasteiger partial charge in [0.2, 0.25) is 0 Å². The van der Waals surface area contributed by atoms with Crippen LogP contribution < -0.4 is 10.2 Å². The van der Waals surface area contributed by atoms with Crippen LogP contribution >= 0.6 is 0 Å². The van der Waals surface area contributed by atoms with Gasteiger partial charge in [-0.3, -0.25) is 0 Å². The van der Waals surface area contributed by atoms with Gasteiger partial charge in [-0.15, -0.1) is 0 Å². The van der Waals surface area contributed by atoms with E-state index in [0.717, 1.165) is 12.1 Å². The highest BCUT2D eigenvalue weighted by atomic mass is 19.1. The van der Waals surface area contributed by atoms with Crippen molar-refractivity contribution in [1.29, 1.82) is 0 Å². The SMILES string of the molecule is COCCOCCOCCOc1cc(F)ccc1B(O)O. The Morgan fingerprint density at radius 1 is 1.00 bits per heavy atom. The molecular formula is C13H20BFO6. The summed E-state index contributed by atoms with van der Waals surface area (Å²) < 4.78 is 33.6. The molecule has 0 atom stereocenters. The first kappa shape index (κ1) is 17.9. The quantitative estimate of drug-likeness (QED) is 0.426. The first-order chi connectivity index (χ1) is 10.1. The minimum Gasteiger partial charge on any atom is -0.491 e. The highest BCUT2D eigenvalue weighted by molar-refractivity contribution is 6.59. The van der Waals surface area contributed by atoms with Gasteiger partial charge >= 0.3 is 7.12 Å². The summed E-state index contributed by atoms with van der Waals surface area (Å²) in [6.45, 7) is 2.36. The van der Waals surface area contributed by atoms with E-state index in [2.05, 4.69) is 0 Å². The van der Waals surface area contributed by atoms with Crippen LogP contribution in [0.15, 0.2) is 18.2 Å². The van der Waals surface area contributed by atoms with Crippen LogP contribution in [0.5, 0.6) is 5.75 Å². The first-order valence-electron chi connectivity index (χ1n) is 6.58. The van der Waals surface area contributed by atoms with E-state index in [1.54, 1.807) is 7.11 Å².